The molecule has 1 heterocycles. The van der Waals surface area contributed by atoms with E-state index in [9.17, 15) is 14.7 Å². The average Bonchev–Trinajstić information content (AvgIpc) is 2.53. The first-order chi connectivity index (χ1) is 11.4. The van der Waals surface area contributed by atoms with E-state index in [2.05, 4.69) is 0 Å². The molecule has 0 bridgehead atoms. The van der Waals surface area contributed by atoms with E-state index in [4.69, 9.17) is 4.74 Å². The maximum atomic E-state index is 12.8. The number of carbonyl (C=O) groups is 2. The Bertz CT molecular complexity index is 782. The van der Waals surface area contributed by atoms with Gasteiger partial charge in [-0.2, -0.15) is 0 Å². The molecule has 5 nitrogen and oxygen atoms in total. The molecule has 1 aliphatic heterocycles. The van der Waals surface area contributed by atoms with Crippen molar-refractivity contribution in [2.24, 2.45) is 0 Å². The van der Waals surface area contributed by atoms with Gasteiger partial charge in [-0.05, 0) is 31.5 Å². The lowest BCUT2D eigenvalue weighted by atomic mass is 10.0. The van der Waals surface area contributed by atoms with Crippen LogP contribution in [0.1, 0.15) is 18.1 Å². The van der Waals surface area contributed by atoms with Crippen LogP contribution in [0.3, 0.4) is 0 Å². The van der Waals surface area contributed by atoms with Crippen molar-refractivity contribution in [1.82, 2.24) is 0 Å². The van der Waals surface area contributed by atoms with Crippen molar-refractivity contribution in [2.45, 2.75) is 26.4 Å². The van der Waals surface area contributed by atoms with E-state index < -0.39 is 6.10 Å². The third-order valence-corrected chi connectivity index (χ3v) is 3.97. The van der Waals surface area contributed by atoms with E-state index in [1.165, 1.54) is 24.0 Å². The molecule has 1 atom stereocenters. The summed E-state index contributed by atoms with van der Waals surface area (Å²) in [7, 11) is 0. The molecule has 2 aromatic rings. The summed E-state index contributed by atoms with van der Waals surface area (Å²) in [6.45, 7) is 3.43. The topological polar surface area (TPSA) is 66.8 Å². The minimum Gasteiger partial charge on any atom is -0.508 e. The molecule has 0 aliphatic carbocycles. The van der Waals surface area contributed by atoms with Gasteiger partial charge >= 0.3 is 0 Å². The number of amides is 1. The van der Waals surface area contributed by atoms with Gasteiger partial charge in [0.25, 0.3) is 5.91 Å². The van der Waals surface area contributed by atoms with Crippen LogP contribution in [0, 0.1) is 6.92 Å². The van der Waals surface area contributed by atoms with Crippen molar-refractivity contribution >= 4 is 17.4 Å². The Balaban J connectivity index is 1.92. The van der Waals surface area contributed by atoms with Crippen molar-refractivity contribution < 1.29 is 19.4 Å². The monoisotopic (exact) mass is 325 g/mol. The number of hydrogen-bond acceptors (Lipinski definition) is 4. The van der Waals surface area contributed by atoms with Gasteiger partial charge < -0.3 is 9.84 Å². The van der Waals surface area contributed by atoms with Crippen molar-refractivity contribution in [3.8, 4) is 11.5 Å². The van der Waals surface area contributed by atoms with E-state index >= 15 is 0 Å². The summed E-state index contributed by atoms with van der Waals surface area (Å²) in [6.07, 6.45) is -0.316. The van der Waals surface area contributed by atoms with Crippen LogP contribution in [-0.4, -0.2) is 29.4 Å². The van der Waals surface area contributed by atoms with E-state index in [-0.39, 0.29) is 24.0 Å². The fraction of sp³-hybridized carbons (Fsp3) is 0.263. The van der Waals surface area contributed by atoms with Crippen LogP contribution in [0.15, 0.2) is 42.5 Å². The highest BCUT2D eigenvalue weighted by Gasteiger charge is 2.35. The molecule has 0 fully saturated rings. The molecule has 1 amide bonds. The number of carbonyl (C=O) groups excluding carboxylic acids is 2. The zero-order valence-electron chi connectivity index (χ0n) is 13.7. The van der Waals surface area contributed by atoms with Crippen molar-refractivity contribution in [3.63, 3.8) is 0 Å². The normalized spacial score (nSPS) is 16.5. The third kappa shape index (κ3) is 3.25. The largest absolute Gasteiger partial charge is 0.508 e. The molecule has 0 spiro atoms. The number of aryl methyl sites for hydroxylation is 1. The van der Waals surface area contributed by atoms with Gasteiger partial charge in [0.15, 0.2) is 6.10 Å². The first-order valence-corrected chi connectivity index (χ1v) is 7.80. The number of benzene rings is 2. The van der Waals surface area contributed by atoms with Crippen LogP contribution in [0.25, 0.3) is 0 Å². The molecular weight excluding hydrogens is 306 g/mol. The Hall–Kier alpha value is -2.82. The zero-order valence-corrected chi connectivity index (χ0v) is 13.7. The van der Waals surface area contributed by atoms with Crippen LogP contribution in [0.5, 0.6) is 11.5 Å². The Morgan fingerprint density at radius 2 is 1.92 bits per heavy atom. The maximum Gasteiger partial charge on any atom is 0.268 e. The second-order valence-electron chi connectivity index (χ2n) is 6.07. The molecular formula is C19H19NO4. The second kappa shape index (κ2) is 6.35. The Morgan fingerprint density at radius 1 is 1.21 bits per heavy atom. The summed E-state index contributed by atoms with van der Waals surface area (Å²) in [5, 5.41) is 9.68. The molecule has 24 heavy (non-hydrogen) atoms. The molecule has 1 N–H and O–H groups in total. The third-order valence-electron chi connectivity index (χ3n) is 3.97. The number of ether oxygens (including phenoxy) is 1. The van der Waals surface area contributed by atoms with Crippen molar-refractivity contribution in [3.05, 3.63) is 53.6 Å². The summed E-state index contributed by atoms with van der Waals surface area (Å²) >= 11 is 0. The number of fused-ring (bicyclic) bond motifs is 1. The van der Waals surface area contributed by atoms with Crippen LogP contribution >= 0.6 is 0 Å². The van der Waals surface area contributed by atoms with Gasteiger partial charge in [-0.15, -0.1) is 0 Å². The predicted octanol–water partition coefficient (Wildman–Crippen LogP) is 2.63. The summed E-state index contributed by atoms with van der Waals surface area (Å²) < 4.78 is 5.81. The molecule has 0 radical (unpaired) electrons. The first kappa shape index (κ1) is 16.1. The van der Waals surface area contributed by atoms with Crippen LogP contribution in [-0.2, 0) is 16.0 Å². The molecule has 1 aliphatic rings. The molecule has 0 aromatic heterocycles. The van der Waals surface area contributed by atoms with Gasteiger partial charge in [0.2, 0.25) is 0 Å². The maximum absolute atomic E-state index is 12.8. The summed E-state index contributed by atoms with van der Waals surface area (Å²) in [4.78, 5) is 25.7. The lowest BCUT2D eigenvalue weighted by molar-refractivity contribution is -0.128. The molecule has 5 heteroatoms. The average molecular weight is 325 g/mol. The molecule has 0 saturated heterocycles. The lowest BCUT2D eigenvalue weighted by Gasteiger charge is -2.34. The first-order valence-electron chi connectivity index (χ1n) is 7.80. The molecule has 124 valence electrons. The van der Waals surface area contributed by atoms with Gasteiger partial charge in [-0.3, -0.25) is 14.5 Å². The fourth-order valence-electron chi connectivity index (χ4n) is 2.77. The highest BCUT2D eigenvalue weighted by molar-refractivity contribution is 6.04. The smallest absolute Gasteiger partial charge is 0.268 e. The van der Waals surface area contributed by atoms with Gasteiger partial charge in [-0.1, -0.05) is 29.8 Å². The SMILES string of the molecule is CC(=O)CN1C(=O)C(Cc2ccc(C)cc2)Oc2cc(O)ccc21. The number of ketones is 1. The number of rotatable bonds is 4. The van der Waals surface area contributed by atoms with Gasteiger partial charge in [0, 0.05) is 12.5 Å². The van der Waals surface area contributed by atoms with Crippen LogP contribution in [0.4, 0.5) is 5.69 Å². The van der Waals surface area contributed by atoms with Gasteiger partial charge in [-0.25, -0.2) is 0 Å². The predicted molar refractivity (Wildman–Crippen MR) is 90.4 cm³/mol. The Kier molecular flexibility index (Phi) is 4.25. The summed E-state index contributed by atoms with van der Waals surface area (Å²) in [5.41, 5.74) is 2.63. The van der Waals surface area contributed by atoms with Gasteiger partial charge in [0.05, 0.1) is 12.2 Å². The van der Waals surface area contributed by atoms with Crippen LogP contribution < -0.4 is 9.64 Å². The molecule has 3 rings (SSSR count). The number of aromatic hydroxyl groups is 1. The molecule has 0 saturated carbocycles. The molecule has 2 aromatic carbocycles. The van der Waals surface area contributed by atoms with E-state index in [1.54, 1.807) is 6.07 Å². The van der Waals surface area contributed by atoms with Crippen molar-refractivity contribution in [2.75, 3.05) is 11.4 Å². The Morgan fingerprint density at radius 3 is 2.58 bits per heavy atom. The van der Waals surface area contributed by atoms with Crippen molar-refractivity contribution in [1.29, 1.82) is 0 Å². The zero-order chi connectivity index (χ0) is 17.3. The van der Waals surface area contributed by atoms with E-state index in [0.717, 1.165) is 11.1 Å². The van der Waals surface area contributed by atoms with E-state index in [1.807, 2.05) is 31.2 Å². The van der Waals surface area contributed by atoms with Crippen LogP contribution in [0.2, 0.25) is 0 Å². The second-order valence-corrected chi connectivity index (χ2v) is 6.07. The lowest BCUT2D eigenvalue weighted by Crippen LogP contribution is -2.48. The summed E-state index contributed by atoms with van der Waals surface area (Å²) in [6, 6.07) is 12.4. The highest BCUT2D eigenvalue weighted by Crippen LogP contribution is 2.37. The number of Topliss-reactive ketones (excluding diaryl/α,β-unsaturated/α-hetero) is 1. The van der Waals surface area contributed by atoms with E-state index in [0.29, 0.717) is 17.9 Å². The Labute approximate surface area is 140 Å². The van der Waals surface area contributed by atoms with Gasteiger partial charge in [0.1, 0.15) is 17.3 Å². The standard InChI is InChI=1S/C19H19NO4/c1-12-3-5-14(6-4-12)9-18-19(23)20(11-13(2)21)16-8-7-15(22)10-17(16)24-18/h3-8,10,18,22H,9,11H2,1-2H3. The number of phenols is 1. The number of anilines is 1. The quantitative estimate of drug-likeness (QED) is 0.938. The highest BCUT2D eigenvalue weighted by atomic mass is 16.5. The summed E-state index contributed by atoms with van der Waals surface area (Å²) in [5.74, 6) is 0.107. The minimum absolute atomic E-state index is 0.00956. The number of phenolic OH excluding ortho intramolecular Hbond substituents is 1. The minimum atomic E-state index is -0.721. The number of nitrogens with zero attached hydrogens (tertiary/aromatic N) is 1. The fourth-order valence-corrected chi connectivity index (χ4v) is 2.77. The molecule has 1 unspecified atom stereocenters. The number of hydrogen-bond donors (Lipinski definition) is 1.